The minimum Gasteiger partial charge on any atom is -0.274 e. The maximum Gasteiger partial charge on any atom is 0.261 e. The van der Waals surface area contributed by atoms with Gasteiger partial charge in [-0.15, -0.1) is 0 Å². The Hall–Kier alpha value is -4.32. The van der Waals surface area contributed by atoms with E-state index in [0.29, 0.717) is 47.2 Å². The molecule has 284 valence electrons. The lowest BCUT2D eigenvalue weighted by atomic mass is 9.82. The van der Waals surface area contributed by atoms with Gasteiger partial charge < -0.3 is 0 Å². The topological polar surface area (TPSA) is 74.8 Å². The summed E-state index contributed by atoms with van der Waals surface area (Å²) in [6.07, 6.45) is 17.9. The zero-order chi connectivity index (χ0) is 37.9. The fourth-order valence-electron chi connectivity index (χ4n) is 9.57. The van der Waals surface area contributed by atoms with E-state index in [4.69, 9.17) is 0 Å². The number of nitrogens with zero attached hydrogens (tertiary/aromatic N) is 2. The molecule has 0 fully saturated rings. The number of fused-ring (bicyclic) bond motifs is 2. The van der Waals surface area contributed by atoms with Crippen LogP contribution >= 0.6 is 0 Å². The van der Waals surface area contributed by atoms with Crippen molar-refractivity contribution in [2.45, 2.75) is 130 Å². The average molecular weight is 727 g/mol. The van der Waals surface area contributed by atoms with Gasteiger partial charge in [0.2, 0.25) is 0 Å². The van der Waals surface area contributed by atoms with Crippen molar-refractivity contribution in [2.75, 3.05) is 13.1 Å². The van der Waals surface area contributed by atoms with Gasteiger partial charge in [-0.05, 0) is 94.1 Å². The van der Waals surface area contributed by atoms with Crippen LogP contribution in [0.3, 0.4) is 0 Å². The second kappa shape index (κ2) is 16.6. The van der Waals surface area contributed by atoms with Gasteiger partial charge in [0, 0.05) is 46.1 Å². The summed E-state index contributed by atoms with van der Waals surface area (Å²) in [4.78, 5) is 60.0. The van der Waals surface area contributed by atoms with Crippen molar-refractivity contribution in [3.8, 4) is 0 Å². The lowest BCUT2D eigenvalue weighted by Gasteiger charge is -2.32. The summed E-state index contributed by atoms with van der Waals surface area (Å²) in [5.41, 5.74) is 2.31. The Bertz CT molecular complexity index is 1930. The highest BCUT2D eigenvalue weighted by atomic mass is 16.2. The molecule has 6 nitrogen and oxygen atoms in total. The fourth-order valence-corrected chi connectivity index (χ4v) is 9.57. The molecule has 0 spiro atoms. The van der Waals surface area contributed by atoms with Crippen LogP contribution in [0.25, 0.3) is 43.1 Å². The highest BCUT2D eigenvalue weighted by molar-refractivity contribution is 6.41. The smallest absolute Gasteiger partial charge is 0.261 e. The predicted octanol–water partition coefficient (Wildman–Crippen LogP) is 12.5. The minimum atomic E-state index is -0.207. The highest BCUT2D eigenvalue weighted by Crippen LogP contribution is 2.46. The molecule has 7 rings (SSSR count). The van der Waals surface area contributed by atoms with E-state index in [-0.39, 0.29) is 23.6 Å². The second-order valence-corrected chi connectivity index (χ2v) is 16.3. The van der Waals surface area contributed by atoms with Crippen LogP contribution in [-0.2, 0) is 0 Å². The van der Waals surface area contributed by atoms with Crippen LogP contribution in [0, 0.1) is 11.8 Å². The number of carbonyl (C=O) groups excluding carboxylic acids is 4. The number of benzene rings is 5. The molecule has 0 bridgehead atoms. The molecular formula is C48H58N2O4. The highest BCUT2D eigenvalue weighted by Gasteiger charge is 2.38. The molecule has 0 saturated heterocycles. The first-order valence-corrected chi connectivity index (χ1v) is 21.3. The number of unbranched alkanes of at least 4 members (excludes halogenated alkanes) is 8. The molecule has 54 heavy (non-hydrogen) atoms. The third kappa shape index (κ3) is 6.79. The molecule has 0 saturated carbocycles. The molecule has 4 amide bonds. The summed E-state index contributed by atoms with van der Waals surface area (Å²) in [6.45, 7) is 9.74. The minimum absolute atomic E-state index is 0.207. The molecule has 5 aromatic rings. The lowest BCUT2D eigenvalue weighted by molar-refractivity contribution is 0.0563. The average Bonchev–Trinajstić information content (AvgIpc) is 3.19. The molecular weight excluding hydrogens is 669 g/mol. The number of rotatable bonds is 20. The predicted molar refractivity (Wildman–Crippen MR) is 222 cm³/mol. The van der Waals surface area contributed by atoms with Crippen LogP contribution < -0.4 is 0 Å². The SMILES string of the molecule is CCCCCCC(CCCC)CN1C(=O)c2ccc3c4ccc5c6c(ccc(c7ccc(c2c37)C1=O)c64)C(=O)N(CC(CCCC)CCCCCC)C5=O. The van der Waals surface area contributed by atoms with Crippen molar-refractivity contribution in [1.29, 1.82) is 0 Å². The van der Waals surface area contributed by atoms with E-state index in [1.807, 2.05) is 48.5 Å². The quantitative estimate of drug-likeness (QED) is 0.0346. The van der Waals surface area contributed by atoms with Crippen molar-refractivity contribution in [1.82, 2.24) is 9.80 Å². The molecule has 2 aliphatic rings. The number of hydrogen-bond donors (Lipinski definition) is 0. The normalized spacial score (nSPS) is 15.6. The fraction of sp³-hybridized carbons (Fsp3) is 0.500. The molecule has 0 N–H and O–H groups in total. The summed E-state index contributed by atoms with van der Waals surface area (Å²) in [5, 5.41) is 6.98. The summed E-state index contributed by atoms with van der Waals surface area (Å²) in [6, 6.07) is 15.6. The molecule has 0 radical (unpaired) electrons. The third-order valence-corrected chi connectivity index (χ3v) is 12.5. The zero-order valence-electron chi connectivity index (χ0n) is 33.0. The first-order valence-electron chi connectivity index (χ1n) is 21.3. The summed E-state index contributed by atoms with van der Waals surface area (Å²) in [7, 11) is 0. The van der Waals surface area contributed by atoms with Crippen LogP contribution in [0.4, 0.5) is 0 Å². The Kier molecular flexibility index (Phi) is 11.7. The number of imide groups is 2. The number of amides is 4. The maximum atomic E-state index is 14.3. The molecule has 0 aliphatic carbocycles. The van der Waals surface area contributed by atoms with Gasteiger partial charge in [0.05, 0.1) is 0 Å². The Morgan fingerprint density at radius 1 is 0.370 bits per heavy atom. The first kappa shape index (κ1) is 38.0. The number of hydrogen-bond acceptors (Lipinski definition) is 4. The monoisotopic (exact) mass is 726 g/mol. The Balaban J connectivity index is 1.26. The second-order valence-electron chi connectivity index (χ2n) is 16.3. The van der Waals surface area contributed by atoms with E-state index < -0.39 is 0 Å². The molecule has 5 aromatic carbocycles. The van der Waals surface area contributed by atoms with E-state index in [2.05, 4.69) is 27.7 Å². The van der Waals surface area contributed by atoms with Crippen LogP contribution in [0.5, 0.6) is 0 Å². The summed E-state index contributed by atoms with van der Waals surface area (Å²) >= 11 is 0. The van der Waals surface area contributed by atoms with Crippen molar-refractivity contribution < 1.29 is 19.2 Å². The van der Waals surface area contributed by atoms with Crippen molar-refractivity contribution in [3.05, 3.63) is 70.8 Å². The molecule has 0 aromatic heterocycles. The number of carbonyl (C=O) groups is 4. The van der Waals surface area contributed by atoms with Crippen LogP contribution in [0.15, 0.2) is 48.5 Å². The summed E-state index contributed by atoms with van der Waals surface area (Å²) < 4.78 is 0. The third-order valence-electron chi connectivity index (χ3n) is 12.5. The van der Waals surface area contributed by atoms with E-state index in [9.17, 15) is 19.2 Å². The Labute approximate surface area is 321 Å². The van der Waals surface area contributed by atoms with E-state index in [1.54, 1.807) is 0 Å². The van der Waals surface area contributed by atoms with Gasteiger partial charge in [-0.1, -0.05) is 129 Å². The zero-order valence-corrected chi connectivity index (χ0v) is 33.0. The van der Waals surface area contributed by atoms with E-state index in [0.717, 1.165) is 107 Å². The molecule has 2 unspecified atom stereocenters. The Morgan fingerprint density at radius 3 is 0.963 bits per heavy atom. The van der Waals surface area contributed by atoms with Crippen LogP contribution in [0.1, 0.15) is 172 Å². The van der Waals surface area contributed by atoms with Gasteiger partial charge in [-0.3, -0.25) is 29.0 Å². The maximum absolute atomic E-state index is 14.3. The van der Waals surface area contributed by atoms with Gasteiger partial charge in [0.1, 0.15) is 0 Å². The molecule has 6 heteroatoms. The van der Waals surface area contributed by atoms with E-state index >= 15 is 0 Å². The molecule has 2 atom stereocenters. The standard InChI is InChI=1S/C48H58N2O4/c1-5-9-13-15-19-31(17-11-7-3)29-49-45(51)37-25-21-33-35-23-27-39-44-40(28-24-36(42(35)44)34-22-26-38(46(49)52)43(37)41(33)34)48(54)50(47(39)53)30-32(18-12-8-4)20-16-14-10-6-2/h21-28,31-32H,5-20,29-30H2,1-4H3. The largest absolute Gasteiger partial charge is 0.274 e. The van der Waals surface area contributed by atoms with E-state index in [1.165, 1.54) is 48.3 Å². The van der Waals surface area contributed by atoms with Gasteiger partial charge >= 0.3 is 0 Å². The molecule has 2 aliphatic heterocycles. The van der Waals surface area contributed by atoms with Crippen LogP contribution in [0.2, 0.25) is 0 Å². The van der Waals surface area contributed by atoms with Crippen molar-refractivity contribution >= 4 is 66.7 Å². The molecule has 2 heterocycles. The van der Waals surface area contributed by atoms with Crippen molar-refractivity contribution in [3.63, 3.8) is 0 Å². The first-order chi connectivity index (χ1) is 26.3. The summed E-state index contributed by atoms with van der Waals surface area (Å²) in [5.74, 6) is -0.236. The Morgan fingerprint density at radius 2 is 0.667 bits per heavy atom. The van der Waals surface area contributed by atoms with Gasteiger partial charge in [-0.2, -0.15) is 0 Å². The lowest BCUT2D eigenvalue weighted by Crippen LogP contribution is -2.43. The van der Waals surface area contributed by atoms with Crippen LogP contribution in [-0.4, -0.2) is 46.5 Å². The van der Waals surface area contributed by atoms with Gasteiger partial charge in [0.25, 0.3) is 23.6 Å². The van der Waals surface area contributed by atoms with Gasteiger partial charge in [0.15, 0.2) is 0 Å². The van der Waals surface area contributed by atoms with Crippen molar-refractivity contribution in [2.24, 2.45) is 11.8 Å². The van der Waals surface area contributed by atoms with Gasteiger partial charge in [-0.25, -0.2) is 0 Å².